The lowest BCUT2D eigenvalue weighted by atomic mass is 10.1. The van der Waals surface area contributed by atoms with E-state index in [-0.39, 0.29) is 6.04 Å². The number of hydrogen-bond donors (Lipinski definition) is 1. The van der Waals surface area contributed by atoms with Crippen LogP contribution in [-0.2, 0) is 14.3 Å². The van der Waals surface area contributed by atoms with Gasteiger partial charge >= 0.3 is 12.1 Å². The van der Waals surface area contributed by atoms with Gasteiger partial charge in [0.2, 0.25) is 0 Å². The first-order valence-electron chi connectivity index (χ1n) is 10.4. The Morgan fingerprint density at radius 3 is 2.60 bits per heavy atom. The highest BCUT2D eigenvalue weighted by atomic mass is 16.6. The highest BCUT2D eigenvalue weighted by molar-refractivity contribution is 5.88. The summed E-state index contributed by atoms with van der Waals surface area (Å²) in [7, 11) is 0. The van der Waals surface area contributed by atoms with E-state index < -0.39 is 17.7 Å². The van der Waals surface area contributed by atoms with Gasteiger partial charge in [0, 0.05) is 44.6 Å². The molecule has 164 valence electrons. The number of pyridine rings is 1. The van der Waals surface area contributed by atoms with Crippen LogP contribution < -0.4 is 4.90 Å². The van der Waals surface area contributed by atoms with E-state index in [1.807, 2.05) is 20.8 Å². The van der Waals surface area contributed by atoms with Crippen LogP contribution in [0.4, 0.5) is 10.6 Å². The van der Waals surface area contributed by atoms with Crippen molar-refractivity contribution in [2.45, 2.75) is 57.7 Å². The predicted molar refractivity (Wildman–Crippen MR) is 113 cm³/mol. The molecule has 30 heavy (non-hydrogen) atoms. The molecule has 1 atom stereocenters. The van der Waals surface area contributed by atoms with Gasteiger partial charge in [0.25, 0.3) is 0 Å². The fourth-order valence-electron chi connectivity index (χ4n) is 3.91. The molecule has 8 nitrogen and oxygen atoms in total. The molecule has 0 spiro atoms. The lowest BCUT2D eigenvalue weighted by molar-refractivity contribution is -0.131. The van der Waals surface area contributed by atoms with Gasteiger partial charge in [-0.3, -0.25) is 9.80 Å². The minimum absolute atomic E-state index is 0.0318. The Balaban J connectivity index is 1.78. The van der Waals surface area contributed by atoms with Crippen LogP contribution in [0, 0.1) is 0 Å². The van der Waals surface area contributed by atoms with Crippen LogP contribution in [0.2, 0.25) is 0 Å². The van der Waals surface area contributed by atoms with Gasteiger partial charge in [-0.05, 0) is 63.8 Å². The number of ether oxygens (including phenoxy) is 2. The maximum atomic E-state index is 13.1. The number of anilines is 1. The van der Waals surface area contributed by atoms with Gasteiger partial charge in [0.1, 0.15) is 11.4 Å². The summed E-state index contributed by atoms with van der Waals surface area (Å²) in [5, 5.41) is 8.79. The van der Waals surface area contributed by atoms with Crippen LogP contribution in [0.5, 0.6) is 0 Å². The molecule has 8 heteroatoms. The van der Waals surface area contributed by atoms with Gasteiger partial charge in [0.05, 0.1) is 6.04 Å². The van der Waals surface area contributed by atoms with E-state index in [2.05, 4.69) is 9.88 Å². The molecule has 1 aromatic heterocycles. The van der Waals surface area contributed by atoms with Crippen molar-refractivity contribution in [1.82, 2.24) is 9.88 Å². The second kappa shape index (κ2) is 9.57. The summed E-state index contributed by atoms with van der Waals surface area (Å²) in [6, 6.07) is 3.95. The van der Waals surface area contributed by atoms with E-state index in [4.69, 9.17) is 14.6 Å². The quantitative estimate of drug-likeness (QED) is 0.736. The summed E-state index contributed by atoms with van der Waals surface area (Å²) in [6.45, 7) is 8.81. The topological polar surface area (TPSA) is 92.2 Å². The molecule has 3 heterocycles. The first-order valence-corrected chi connectivity index (χ1v) is 10.4. The zero-order chi connectivity index (χ0) is 21.7. The van der Waals surface area contributed by atoms with E-state index in [0.717, 1.165) is 51.6 Å². The number of carbonyl (C=O) groups is 2. The zero-order valence-corrected chi connectivity index (χ0v) is 17.9. The summed E-state index contributed by atoms with van der Waals surface area (Å²) < 4.78 is 11.2. The predicted octanol–water partition coefficient (Wildman–Crippen LogP) is 3.17. The molecular weight excluding hydrogens is 386 g/mol. The van der Waals surface area contributed by atoms with Gasteiger partial charge in [-0.15, -0.1) is 0 Å². The number of aliphatic carboxylic acids is 1. The van der Waals surface area contributed by atoms with Crippen molar-refractivity contribution in [1.29, 1.82) is 0 Å². The molecule has 0 bridgehead atoms. The van der Waals surface area contributed by atoms with Crippen LogP contribution in [0.1, 0.15) is 45.6 Å². The van der Waals surface area contributed by atoms with E-state index in [0.29, 0.717) is 17.4 Å². The molecule has 2 aliphatic heterocycles. The maximum absolute atomic E-state index is 13.1. The maximum Gasteiger partial charge on any atom is 0.416 e. The van der Waals surface area contributed by atoms with Gasteiger partial charge in [-0.1, -0.05) is 0 Å². The Labute approximate surface area is 177 Å². The fraction of sp³-hybridized carbons (Fsp3) is 0.591. The normalized spacial score (nSPS) is 21.1. The summed E-state index contributed by atoms with van der Waals surface area (Å²) in [5.74, 6) is -0.510. The highest BCUT2D eigenvalue weighted by Gasteiger charge is 2.37. The molecule has 0 aromatic carbocycles. The number of hydrogen-bond acceptors (Lipinski definition) is 6. The number of carboxylic acid groups (broad SMARTS) is 1. The summed E-state index contributed by atoms with van der Waals surface area (Å²) >= 11 is 0. The van der Waals surface area contributed by atoms with Gasteiger partial charge < -0.3 is 14.6 Å². The zero-order valence-electron chi connectivity index (χ0n) is 17.9. The minimum atomic E-state index is -1.02. The molecule has 2 saturated heterocycles. The van der Waals surface area contributed by atoms with Gasteiger partial charge in [0.15, 0.2) is 0 Å². The second-order valence-electron chi connectivity index (χ2n) is 8.75. The second-order valence-corrected chi connectivity index (χ2v) is 8.75. The number of carbonyl (C=O) groups excluding carboxylic acids is 1. The van der Waals surface area contributed by atoms with Crippen molar-refractivity contribution in [3.63, 3.8) is 0 Å². The molecule has 0 aliphatic carbocycles. The van der Waals surface area contributed by atoms with Crippen molar-refractivity contribution in [3.05, 3.63) is 30.0 Å². The molecule has 3 rings (SSSR count). The molecule has 0 saturated carbocycles. The van der Waals surface area contributed by atoms with Gasteiger partial charge in [-0.25, -0.2) is 14.6 Å². The van der Waals surface area contributed by atoms with Crippen LogP contribution in [0.25, 0.3) is 6.08 Å². The lowest BCUT2D eigenvalue weighted by Crippen LogP contribution is -2.46. The number of likely N-dealkylation sites (tertiary alicyclic amines) is 1. The molecule has 0 unspecified atom stereocenters. The van der Waals surface area contributed by atoms with E-state index >= 15 is 0 Å². The number of aromatic nitrogens is 1. The van der Waals surface area contributed by atoms with E-state index in [9.17, 15) is 9.59 Å². The Bertz CT molecular complexity index is 766. The third-order valence-corrected chi connectivity index (χ3v) is 5.29. The van der Waals surface area contributed by atoms with Crippen molar-refractivity contribution in [2.24, 2.45) is 0 Å². The Morgan fingerprint density at radius 2 is 2.00 bits per heavy atom. The summed E-state index contributed by atoms with van der Waals surface area (Å²) in [4.78, 5) is 32.3. The molecule has 0 radical (unpaired) electrons. The molecular formula is C22H31N3O5. The monoisotopic (exact) mass is 417 g/mol. The van der Waals surface area contributed by atoms with Gasteiger partial charge in [-0.2, -0.15) is 0 Å². The summed E-state index contributed by atoms with van der Waals surface area (Å²) in [6.07, 6.45) is 6.56. The first kappa shape index (κ1) is 22.2. The average Bonchev–Trinajstić information content (AvgIpc) is 3.16. The number of nitrogens with zero attached hydrogens (tertiary/aromatic N) is 3. The average molecular weight is 418 g/mol. The third kappa shape index (κ3) is 6.03. The molecule has 2 aliphatic rings. The molecule has 1 aromatic rings. The van der Waals surface area contributed by atoms with Crippen molar-refractivity contribution in [3.8, 4) is 0 Å². The summed E-state index contributed by atoms with van der Waals surface area (Å²) in [5.41, 5.74) is 0.0407. The highest BCUT2D eigenvalue weighted by Crippen LogP contribution is 2.27. The number of carboxylic acids is 1. The Kier molecular flexibility index (Phi) is 7.10. The van der Waals surface area contributed by atoms with Crippen molar-refractivity contribution >= 4 is 24.0 Å². The Morgan fingerprint density at radius 1 is 1.27 bits per heavy atom. The molecule has 2 fully saturated rings. The minimum Gasteiger partial charge on any atom is -0.478 e. The Hall–Kier alpha value is -2.45. The van der Waals surface area contributed by atoms with Crippen molar-refractivity contribution < 1.29 is 24.2 Å². The molecule has 1 amide bonds. The molecule has 1 N–H and O–H groups in total. The third-order valence-electron chi connectivity index (χ3n) is 5.29. The van der Waals surface area contributed by atoms with Crippen LogP contribution >= 0.6 is 0 Å². The largest absolute Gasteiger partial charge is 0.478 e. The fourth-order valence-corrected chi connectivity index (χ4v) is 3.91. The van der Waals surface area contributed by atoms with Crippen LogP contribution in [0.15, 0.2) is 24.4 Å². The number of rotatable bonds is 5. The first-order chi connectivity index (χ1) is 14.2. The standard InChI is InChI=1S/C22H31N3O5/c1-22(2,3)30-21(28)25(19-6-4-16(14-23-19)5-7-20(26)27)18-8-11-24(15-18)17-9-12-29-13-10-17/h4-7,14,17-18H,8-13,15H2,1-3H3,(H,26,27)/b7-5+/t18-/m1/s1. The lowest BCUT2D eigenvalue weighted by Gasteiger charge is -2.33. The van der Waals surface area contributed by atoms with Crippen LogP contribution in [0.3, 0.4) is 0 Å². The SMILES string of the molecule is CC(C)(C)OC(=O)N(c1ccc(/C=C/C(=O)O)cn1)[C@@H]1CCN(C2CCOCC2)C1. The van der Waals surface area contributed by atoms with Crippen molar-refractivity contribution in [2.75, 3.05) is 31.2 Å². The van der Waals surface area contributed by atoms with E-state index in [1.54, 1.807) is 23.2 Å². The smallest absolute Gasteiger partial charge is 0.416 e. The van der Waals surface area contributed by atoms with E-state index in [1.165, 1.54) is 6.08 Å². The van der Waals surface area contributed by atoms with Crippen LogP contribution in [-0.4, -0.2) is 71.0 Å². The number of amides is 1.